The average molecular weight is 515 g/mol. The van der Waals surface area contributed by atoms with Gasteiger partial charge in [0.1, 0.15) is 17.9 Å². The second kappa shape index (κ2) is 11.1. The van der Waals surface area contributed by atoms with E-state index in [1.54, 1.807) is 12.4 Å². The monoisotopic (exact) mass is 514 g/mol. The van der Waals surface area contributed by atoms with Gasteiger partial charge in [-0.3, -0.25) is 14.4 Å². The lowest BCUT2D eigenvalue weighted by Gasteiger charge is -2.57. The summed E-state index contributed by atoms with van der Waals surface area (Å²) in [5.74, 6) is 0.901. The molecule has 0 radical (unpaired) electrons. The fourth-order valence-corrected chi connectivity index (χ4v) is 7.31. The van der Waals surface area contributed by atoms with Crippen molar-refractivity contribution in [3.8, 4) is 0 Å². The fourth-order valence-electron chi connectivity index (χ4n) is 7.31. The zero-order valence-corrected chi connectivity index (χ0v) is 21.2. The molecule has 2 amide bonds. The van der Waals surface area contributed by atoms with Crippen LogP contribution in [-0.4, -0.2) is 63.8 Å². The lowest BCUT2D eigenvalue weighted by atomic mass is 9.49. The molecule has 4 fully saturated rings. The Morgan fingerprint density at radius 2 is 1.86 bits per heavy atom. The number of anilines is 1. The van der Waals surface area contributed by atoms with E-state index in [4.69, 9.17) is 4.84 Å². The van der Waals surface area contributed by atoms with Crippen molar-refractivity contribution in [2.75, 3.05) is 18.4 Å². The zero-order chi connectivity index (χ0) is 25.8. The van der Waals surface area contributed by atoms with Gasteiger partial charge in [-0.05, 0) is 81.0 Å². The Labute approximate surface area is 216 Å². The summed E-state index contributed by atoms with van der Waals surface area (Å²) in [6, 6.07) is -1.15. The number of amides is 2. The number of carbonyl (C=O) groups is 3. The molecule has 1 aliphatic heterocycles. The number of nitrogens with zero attached hydrogens (tertiary/aromatic N) is 2. The zero-order valence-electron chi connectivity index (χ0n) is 21.2. The largest absolute Gasteiger partial charge is 0.481 e. The molecule has 4 saturated carbocycles. The summed E-state index contributed by atoms with van der Waals surface area (Å²) in [5, 5.41) is 22.1. The third-order valence-corrected chi connectivity index (χ3v) is 8.54. The molecule has 4 aliphatic carbocycles. The molecular weight excluding hydrogens is 476 g/mol. The normalized spacial score (nSPS) is 30.3. The quantitative estimate of drug-likeness (QED) is 0.253. The standard InChI is InChI=1S/C26H38N6O5/c33-22(34)11-20(23(35)30-15-26-12-16-7-17(13-26)9-18(8-16)14-26)31-24(36)21-10-19(37-32-21)3-1-2-4-27-25-28-5-6-29-25/h5-6,16-20H,1-4,7-15H2,(H,30,35)(H,31,36)(H,33,34)(H2,27,28,29). The van der Waals surface area contributed by atoms with Crippen LogP contribution in [-0.2, 0) is 19.2 Å². The van der Waals surface area contributed by atoms with Gasteiger partial charge in [-0.1, -0.05) is 5.16 Å². The van der Waals surface area contributed by atoms with Gasteiger partial charge in [0, 0.05) is 31.9 Å². The lowest BCUT2D eigenvalue weighted by molar-refractivity contribution is -0.140. The maximum absolute atomic E-state index is 13.0. The molecule has 11 nitrogen and oxygen atoms in total. The number of aromatic amines is 1. The van der Waals surface area contributed by atoms with E-state index in [2.05, 4.69) is 31.1 Å². The van der Waals surface area contributed by atoms with Crippen molar-refractivity contribution in [3.05, 3.63) is 12.4 Å². The Hall–Kier alpha value is -3.11. The average Bonchev–Trinajstić information content (AvgIpc) is 3.53. The summed E-state index contributed by atoms with van der Waals surface area (Å²) >= 11 is 0. The van der Waals surface area contributed by atoms with E-state index < -0.39 is 30.2 Å². The summed E-state index contributed by atoms with van der Waals surface area (Å²) < 4.78 is 0. The number of rotatable bonds is 13. The molecule has 11 heteroatoms. The van der Waals surface area contributed by atoms with Gasteiger partial charge >= 0.3 is 5.97 Å². The highest BCUT2D eigenvalue weighted by Gasteiger charge is 2.51. The summed E-state index contributed by atoms with van der Waals surface area (Å²) in [4.78, 5) is 49.8. The molecule has 2 unspecified atom stereocenters. The number of hydrogen-bond acceptors (Lipinski definition) is 7. The second-order valence-electron chi connectivity index (χ2n) is 11.6. The van der Waals surface area contributed by atoms with Gasteiger partial charge < -0.3 is 30.9 Å². The first-order valence-corrected chi connectivity index (χ1v) is 13.6. The van der Waals surface area contributed by atoms with Crippen LogP contribution in [0.3, 0.4) is 0 Å². The maximum atomic E-state index is 13.0. The highest BCUT2D eigenvalue weighted by atomic mass is 16.6. The number of hydrogen-bond donors (Lipinski definition) is 5. The number of imidazole rings is 1. The van der Waals surface area contributed by atoms with Gasteiger partial charge in [0.25, 0.3) is 5.91 Å². The molecule has 1 aromatic rings. The topological polar surface area (TPSA) is 158 Å². The fraction of sp³-hybridized carbons (Fsp3) is 0.731. The number of carboxylic acids is 1. The second-order valence-corrected chi connectivity index (χ2v) is 11.6. The van der Waals surface area contributed by atoms with Crippen molar-refractivity contribution in [3.63, 3.8) is 0 Å². The minimum atomic E-state index is -1.15. The molecular formula is C26H38N6O5. The highest BCUT2D eigenvalue weighted by Crippen LogP contribution is 2.59. The van der Waals surface area contributed by atoms with E-state index in [9.17, 15) is 19.5 Å². The van der Waals surface area contributed by atoms with Gasteiger partial charge in [0.05, 0.1) is 6.42 Å². The molecule has 4 bridgehead atoms. The van der Waals surface area contributed by atoms with Crippen LogP contribution in [0.2, 0.25) is 0 Å². The minimum Gasteiger partial charge on any atom is -0.481 e. The van der Waals surface area contributed by atoms with Gasteiger partial charge in [0.2, 0.25) is 5.91 Å². The first-order chi connectivity index (χ1) is 17.9. The summed E-state index contributed by atoms with van der Waals surface area (Å²) in [5.41, 5.74) is 0.328. The first kappa shape index (κ1) is 25.5. The van der Waals surface area contributed by atoms with E-state index in [1.165, 1.54) is 19.3 Å². The SMILES string of the molecule is O=C(O)CC(NC(=O)C1=NOC(CCCCNc2ncc[nH]2)C1)C(=O)NCC12CC3CC(CC(C3)C1)C2. The molecule has 6 rings (SSSR count). The molecule has 5 N–H and O–H groups in total. The van der Waals surface area contributed by atoms with E-state index in [0.717, 1.165) is 68.8 Å². The molecule has 2 heterocycles. The Kier molecular flexibility index (Phi) is 7.66. The van der Waals surface area contributed by atoms with Crippen molar-refractivity contribution in [1.29, 1.82) is 0 Å². The van der Waals surface area contributed by atoms with Gasteiger partial charge in [0.15, 0.2) is 5.95 Å². The predicted octanol–water partition coefficient (Wildman–Crippen LogP) is 2.43. The van der Waals surface area contributed by atoms with Crippen molar-refractivity contribution in [1.82, 2.24) is 20.6 Å². The van der Waals surface area contributed by atoms with E-state index in [-0.39, 0.29) is 17.2 Å². The van der Waals surface area contributed by atoms with Gasteiger partial charge in [-0.25, -0.2) is 4.98 Å². The van der Waals surface area contributed by atoms with Gasteiger partial charge in [-0.2, -0.15) is 0 Å². The number of aliphatic carboxylic acids is 1. The van der Waals surface area contributed by atoms with Crippen molar-refractivity contribution >= 4 is 29.4 Å². The number of oxime groups is 1. The third-order valence-electron chi connectivity index (χ3n) is 8.54. The van der Waals surface area contributed by atoms with Crippen LogP contribution in [0.5, 0.6) is 0 Å². The van der Waals surface area contributed by atoms with Crippen molar-refractivity contribution in [2.24, 2.45) is 28.3 Å². The summed E-state index contributed by atoms with van der Waals surface area (Å²) in [6.07, 6.45) is 13.0. The molecule has 37 heavy (non-hydrogen) atoms. The van der Waals surface area contributed by atoms with Crippen LogP contribution in [0.4, 0.5) is 5.95 Å². The maximum Gasteiger partial charge on any atom is 0.305 e. The molecule has 0 aromatic carbocycles. The van der Waals surface area contributed by atoms with Crippen LogP contribution in [0, 0.1) is 23.2 Å². The number of unbranched alkanes of at least 4 members (excludes halogenated alkanes) is 1. The summed E-state index contributed by atoms with van der Waals surface area (Å²) in [6.45, 7) is 1.33. The van der Waals surface area contributed by atoms with Crippen LogP contribution in [0.1, 0.15) is 70.6 Å². The molecule has 1 aromatic heterocycles. The van der Waals surface area contributed by atoms with Crippen LogP contribution < -0.4 is 16.0 Å². The predicted molar refractivity (Wildman–Crippen MR) is 136 cm³/mol. The molecule has 0 spiro atoms. The smallest absolute Gasteiger partial charge is 0.305 e. The van der Waals surface area contributed by atoms with Crippen LogP contribution in [0.25, 0.3) is 0 Å². The number of nitrogens with one attached hydrogen (secondary N) is 4. The number of aromatic nitrogens is 2. The molecule has 5 aliphatic rings. The van der Waals surface area contributed by atoms with Crippen LogP contribution in [0.15, 0.2) is 17.5 Å². The molecule has 202 valence electrons. The first-order valence-electron chi connectivity index (χ1n) is 13.6. The molecule has 2 atom stereocenters. The Balaban J connectivity index is 1.06. The lowest BCUT2D eigenvalue weighted by Crippen LogP contribution is -2.55. The number of carbonyl (C=O) groups excluding carboxylic acids is 2. The Morgan fingerprint density at radius 3 is 2.51 bits per heavy atom. The van der Waals surface area contributed by atoms with Gasteiger partial charge in [-0.15, -0.1) is 0 Å². The Bertz CT molecular complexity index is 974. The van der Waals surface area contributed by atoms with Crippen molar-refractivity contribution < 1.29 is 24.3 Å². The van der Waals surface area contributed by atoms with Crippen LogP contribution >= 0.6 is 0 Å². The minimum absolute atomic E-state index is 0.131. The number of carboxylic acid groups (broad SMARTS) is 1. The number of H-pyrrole nitrogens is 1. The highest BCUT2D eigenvalue weighted by molar-refractivity contribution is 6.39. The Morgan fingerprint density at radius 1 is 1.14 bits per heavy atom. The van der Waals surface area contributed by atoms with E-state index in [1.807, 2.05) is 0 Å². The molecule has 0 saturated heterocycles. The van der Waals surface area contributed by atoms with Crippen molar-refractivity contribution in [2.45, 2.75) is 82.8 Å². The van der Waals surface area contributed by atoms with E-state index >= 15 is 0 Å². The third kappa shape index (κ3) is 6.42. The summed E-state index contributed by atoms with van der Waals surface area (Å²) in [7, 11) is 0. The van der Waals surface area contributed by atoms with E-state index in [0.29, 0.717) is 13.0 Å².